The molecule has 0 unspecified atom stereocenters. The average Bonchev–Trinajstić information content (AvgIpc) is 2.46. The summed E-state index contributed by atoms with van der Waals surface area (Å²) in [5.74, 6) is 0.344. The maximum atomic E-state index is 12.4. The first kappa shape index (κ1) is 15.8. The number of carbonyl (C=O) groups is 1. The number of amides is 1. The lowest BCUT2D eigenvalue weighted by molar-refractivity contribution is -0.137. The highest BCUT2D eigenvalue weighted by molar-refractivity contribution is 5.78. The summed E-state index contributed by atoms with van der Waals surface area (Å²) in [5, 5.41) is 6.11. The molecular formula is C15H19F3N2O. The van der Waals surface area contributed by atoms with Crippen LogP contribution in [0.4, 0.5) is 13.2 Å². The lowest BCUT2D eigenvalue weighted by Crippen LogP contribution is -2.36. The minimum atomic E-state index is -4.34. The van der Waals surface area contributed by atoms with Crippen LogP contribution in [0, 0.1) is 5.92 Å². The van der Waals surface area contributed by atoms with Crippen molar-refractivity contribution in [1.82, 2.24) is 10.6 Å². The van der Waals surface area contributed by atoms with Crippen LogP contribution in [0.3, 0.4) is 0 Å². The van der Waals surface area contributed by atoms with Gasteiger partial charge in [-0.3, -0.25) is 4.79 Å². The van der Waals surface area contributed by atoms with E-state index in [2.05, 4.69) is 10.6 Å². The number of carbonyl (C=O) groups excluding carboxylic acids is 1. The molecule has 2 N–H and O–H groups in total. The second kappa shape index (κ2) is 6.93. The molecule has 0 aliphatic carbocycles. The quantitative estimate of drug-likeness (QED) is 0.896. The van der Waals surface area contributed by atoms with Crippen molar-refractivity contribution < 1.29 is 18.0 Å². The number of alkyl halides is 3. The number of piperidine rings is 1. The predicted octanol–water partition coefficient (Wildman–Crippen LogP) is 2.36. The van der Waals surface area contributed by atoms with Gasteiger partial charge in [-0.1, -0.05) is 12.1 Å². The predicted molar refractivity (Wildman–Crippen MR) is 73.8 cm³/mol. The molecule has 1 saturated heterocycles. The van der Waals surface area contributed by atoms with Gasteiger partial charge in [-0.05, 0) is 49.5 Å². The molecule has 0 atom stereocenters. The van der Waals surface area contributed by atoms with Gasteiger partial charge < -0.3 is 10.6 Å². The van der Waals surface area contributed by atoms with E-state index in [0.717, 1.165) is 38.1 Å². The van der Waals surface area contributed by atoms with E-state index in [1.54, 1.807) is 0 Å². The first-order valence-corrected chi connectivity index (χ1v) is 7.08. The van der Waals surface area contributed by atoms with Gasteiger partial charge in [-0.25, -0.2) is 0 Å². The number of rotatable bonds is 4. The van der Waals surface area contributed by atoms with Crippen molar-refractivity contribution in [3.63, 3.8) is 0 Å². The first-order valence-electron chi connectivity index (χ1n) is 7.08. The highest BCUT2D eigenvalue weighted by Crippen LogP contribution is 2.29. The van der Waals surface area contributed by atoms with Crippen molar-refractivity contribution in [2.45, 2.75) is 25.4 Å². The number of benzene rings is 1. The van der Waals surface area contributed by atoms with Gasteiger partial charge in [0.15, 0.2) is 0 Å². The summed E-state index contributed by atoms with van der Waals surface area (Å²) in [6.45, 7) is 2.58. The summed E-state index contributed by atoms with van der Waals surface area (Å²) in [5.41, 5.74) is -0.104. The van der Waals surface area contributed by atoms with E-state index in [4.69, 9.17) is 0 Å². The molecular weight excluding hydrogens is 281 g/mol. The number of hydrogen-bond acceptors (Lipinski definition) is 2. The molecule has 1 heterocycles. The zero-order valence-electron chi connectivity index (χ0n) is 11.7. The van der Waals surface area contributed by atoms with Crippen LogP contribution >= 0.6 is 0 Å². The van der Waals surface area contributed by atoms with Crippen LogP contribution in [0.1, 0.15) is 24.0 Å². The highest BCUT2D eigenvalue weighted by Gasteiger charge is 2.29. The second-order valence-corrected chi connectivity index (χ2v) is 5.37. The van der Waals surface area contributed by atoms with E-state index in [1.165, 1.54) is 12.1 Å². The molecule has 21 heavy (non-hydrogen) atoms. The van der Waals surface area contributed by atoms with Crippen LogP contribution in [0.5, 0.6) is 0 Å². The molecule has 0 saturated carbocycles. The third kappa shape index (κ3) is 5.04. The lowest BCUT2D eigenvalue weighted by Gasteiger charge is -2.22. The van der Waals surface area contributed by atoms with Gasteiger partial charge in [0.05, 0.1) is 12.0 Å². The Morgan fingerprint density at radius 2 is 1.81 bits per heavy atom. The zero-order valence-corrected chi connectivity index (χ0v) is 11.7. The molecule has 116 valence electrons. The van der Waals surface area contributed by atoms with E-state index >= 15 is 0 Å². The largest absolute Gasteiger partial charge is 0.416 e. The minimum Gasteiger partial charge on any atom is -0.356 e. The van der Waals surface area contributed by atoms with Crippen LogP contribution in [0.25, 0.3) is 0 Å². The molecule has 1 aromatic rings. The van der Waals surface area contributed by atoms with Crippen LogP contribution in [-0.4, -0.2) is 25.5 Å². The molecule has 0 aromatic heterocycles. The third-order valence-electron chi connectivity index (χ3n) is 3.69. The lowest BCUT2D eigenvalue weighted by atomic mass is 9.98. The molecule has 3 nitrogen and oxygen atoms in total. The Bertz CT molecular complexity index is 465. The van der Waals surface area contributed by atoms with Gasteiger partial charge in [0, 0.05) is 6.54 Å². The van der Waals surface area contributed by atoms with Crippen molar-refractivity contribution in [2.75, 3.05) is 19.6 Å². The summed E-state index contributed by atoms with van der Waals surface area (Å²) < 4.78 is 37.3. The van der Waals surface area contributed by atoms with Crippen molar-refractivity contribution in [3.8, 4) is 0 Å². The summed E-state index contributed by atoms with van der Waals surface area (Å²) in [7, 11) is 0. The molecule has 0 spiro atoms. The zero-order chi connectivity index (χ0) is 15.3. The normalized spacial score (nSPS) is 16.7. The molecule has 0 bridgehead atoms. The fraction of sp³-hybridized carbons (Fsp3) is 0.533. The molecule has 1 aromatic carbocycles. The number of halogens is 3. The van der Waals surface area contributed by atoms with Gasteiger partial charge in [-0.2, -0.15) is 13.2 Å². The summed E-state index contributed by atoms with van der Waals surface area (Å²) >= 11 is 0. The van der Waals surface area contributed by atoms with E-state index in [1.807, 2.05) is 0 Å². The monoisotopic (exact) mass is 300 g/mol. The number of hydrogen-bond donors (Lipinski definition) is 2. The minimum absolute atomic E-state index is 0.114. The fourth-order valence-corrected chi connectivity index (χ4v) is 2.40. The molecule has 1 aliphatic heterocycles. The summed E-state index contributed by atoms with van der Waals surface area (Å²) in [4.78, 5) is 11.8. The number of nitrogens with one attached hydrogen (secondary N) is 2. The topological polar surface area (TPSA) is 41.1 Å². The Labute approximate surface area is 121 Å². The van der Waals surface area contributed by atoms with Crippen molar-refractivity contribution in [1.29, 1.82) is 0 Å². The van der Waals surface area contributed by atoms with Gasteiger partial charge in [-0.15, -0.1) is 0 Å². The molecule has 0 radical (unpaired) electrons. The molecule has 1 fully saturated rings. The highest BCUT2D eigenvalue weighted by atomic mass is 19.4. The first-order chi connectivity index (χ1) is 9.95. The van der Waals surface area contributed by atoms with Gasteiger partial charge in [0.1, 0.15) is 0 Å². The SMILES string of the molecule is O=C(Cc1ccc(C(F)(F)F)cc1)NCC1CCNCC1. The Hall–Kier alpha value is -1.56. The van der Waals surface area contributed by atoms with Gasteiger partial charge in [0.2, 0.25) is 5.91 Å². The smallest absolute Gasteiger partial charge is 0.356 e. The average molecular weight is 300 g/mol. The van der Waals surface area contributed by atoms with E-state index in [-0.39, 0.29) is 12.3 Å². The third-order valence-corrected chi connectivity index (χ3v) is 3.69. The Balaban J connectivity index is 1.79. The Morgan fingerprint density at radius 1 is 1.19 bits per heavy atom. The van der Waals surface area contributed by atoms with Crippen molar-refractivity contribution >= 4 is 5.91 Å². The second-order valence-electron chi connectivity index (χ2n) is 5.37. The summed E-state index contributed by atoms with van der Waals surface area (Å²) in [6.07, 6.45) is -2.14. The summed E-state index contributed by atoms with van der Waals surface area (Å²) in [6, 6.07) is 4.73. The molecule has 1 aliphatic rings. The van der Waals surface area contributed by atoms with E-state index in [9.17, 15) is 18.0 Å². The van der Waals surface area contributed by atoms with Crippen LogP contribution in [0.2, 0.25) is 0 Å². The van der Waals surface area contributed by atoms with Crippen LogP contribution in [-0.2, 0) is 17.4 Å². The Kier molecular flexibility index (Phi) is 5.22. The molecule has 1 amide bonds. The maximum absolute atomic E-state index is 12.4. The van der Waals surface area contributed by atoms with Crippen molar-refractivity contribution in [3.05, 3.63) is 35.4 Å². The van der Waals surface area contributed by atoms with Gasteiger partial charge >= 0.3 is 6.18 Å². The van der Waals surface area contributed by atoms with E-state index in [0.29, 0.717) is 18.0 Å². The van der Waals surface area contributed by atoms with Gasteiger partial charge in [0.25, 0.3) is 0 Å². The van der Waals surface area contributed by atoms with Crippen LogP contribution < -0.4 is 10.6 Å². The van der Waals surface area contributed by atoms with Crippen molar-refractivity contribution in [2.24, 2.45) is 5.92 Å². The van der Waals surface area contributed by atoms with Crippen LogP contribution in [0.15, 0.2) is 24.3 Å². The standard InChI is InChI=1S/C15H19F3N2O/c16-15(17,18)13-3-1-11(2-4-13)9-14(21)20-10-12-5-7-19-8-6-12/h1-4,12,19H,5-10H2,(H,20,21). The maximum Gasteiger partial charge on any atom is 0.416 e. The van der Waals surface area contributed by atoms with E-state index < -0.39 is 11.7 Å². The molecule has 6 heteroatoms. The molecule has 2 rings (SSSR count). The Morgan fingerprint density at radius 3 is 2.38 bits per heavy atom. The fourth-order valence-electron chi connectivity index (χ4n) is 2.40.